The van der Waals surface area contributed by atoms with Gasteiger partial charge >= 0.3 is 6.18 Å². The lowest BCUT2D eigenvalue weighted by Crippen LogP contribution is -2.51. The Labute approximate surface area is 192 Å². The van der Waals surface area contributed by atoms with Gasteiger partial charge in [0.2, 0.25) is 5.91 Å². The summed E-state index contributed by atoms with van der Waals surface area (Å²) in [6.07, 6.45) is 1.49. The van der Waals surface area contributed by atoms with Gasteiger partial charge in [0.1, 0.15) is 12.6 Å². The van der Waals surface area contributed by atoms with Crippen LogP contribution in [0.2, 0.25) is 0 Å². The minimum Gasteiger partial charge on any atom is -0.396 e. The molecule has 4 atom stereocenters. The quantitative estimate of drug-likeness (QED) is 0.685. The summed E-state index contributed by atoms with van der Waals surface area (Å²) in [6.45, 7) is -0.221. The summed E-state index contributed by atoms with van der Waals surface area (Å²) >= 11 is 0. The van der Waals surface area contributed by atoms with Crippen molar-refractivity contribution in [2.24, 2.45) is 11.8 Å². The van der Waals surface area contributed by atoms with Crippen LogP contribution in [-0.2, 0) is 11.3 Å². The Kier molecular flexibility index (Phi) is 6.30. The Morgan fingerprint density at radius 3 is 2.68 bits per heavy atom. The summed E-state index contributed by atoms with van der Waals surface area (Å²) in [5.41, 5.74) is 0.759. The van der Waals surface area contributed by atoms with Gasteiger partial charge in [0.05, 0.1) is 11.6 Å². The minimum atomic E-state index is -4.64. The molecule has 2 aromatic rings. The van der Waals surface area contributed by atoms with E-state index in [-0.39, 0.29) is 17.7 Å². The number of allylic oxidation sites excluding steroid dienone is 1. The van der Waals surface area contributed by atoms with E-state index in [2.05, 4.69) is 4.98 Å². The Hall–Kier alpha value is -3.47. The SMILES string of the molecule is C/C=C/c1ccc2n(c1=O)C[C@H]1[C@H](CO)[C@@H](C(=O)NCC(F)(F)F)N(C(=O)c3cccnc3)[C@@H]21. The third-order valence-electron chi connectivity index (χ3n) is 6.33. The maximum absolute atomic E-state index is 13.5. The molecule has 8 nitrogen and oxygen atoms in total. The van der Waals surface area contributed by atoms with Gasteiger partial charge in [-0.05, 0) is 31.2 Å². The monoisotopic (exact) mass is 476 g/mol. The van der Waals surface area contributed by atoms with Crippen LogP contribution >= 0.6 is 0 Å². The number of alkyl halides is 3. The van der Waals surface area contributed by atoms with E-state index in [1.807, 2.05) is 5.32 Å². The van der Waals surface area contributed by atoms with Crippen molar-refractivity contribution >= 4 is 17.9 Å². The lowest BCUT2D eigenvalue weighted by molar-refractivity contribution is -0.141. The number of amides is 2. The fourth-order valence-electron chi connectivity index (χ4n) is 4.96. The lowest BCUT2D eigenvalue weighted by atomic mass is 9.88. The zero-order chi connectivity index (χ0) is 24.6. The van der Waals surface area contributed by atoms with Crippen molar-refractivity contribution in [3.63, 3.8) is 0 Å². The Morgan fingerprint density at radius 1 is 1.29 bits per heavy atom. The normalized spacial score (nSPS) is 23.7. The van der Waals surface area contributed by atoms with Crippen LogP contribution in [0.1, 0.15) is 34.6 Å². The number of likely N-dealkylation sites (tertiary alicyclic amines) is 1. The van der Waals surface area contributed by atoms with Crippen LogP contribution in [0.25, 0.3) is 6.08 Å². The molecule has 180 valence electrons. The van der Waals surface area contributed by atoms with Crippen molar-refractivity contribution in [3.05, 3.63) is 69.9 Å². The Morgan fingerprint density at radius 2 is 2.06 bits per heavy atom. The number of pyridine rings is 2. The molecule has 34 heavy (non-hydrogen) atoms. The first kappa shape index (κ1) is 23.7. The maximum atomic E-state index is 13.5. The van der Waals surface area contributed by atoms with Gasteiger partial charge in [-0.2, -0.15) is 13.2 Å². The summed E-state index contributed by atoms with van der Waals surface area (Å²) in [5, 5.41) is 12.0. The molecule has 2 aromatic heterocycles. The zero-order valence-electron chi connectivity index (χ0n) is 18.2. The largest absolute Gasteiger partial charge is 0.405 e. The highest BCUT2D eigenvalue weighted by Gasteiger charge is 2.57. The number of aliphatic hydroxyl groups excluding tert-OH is 1. The molecule has 0 radical (unpaired) electrons. The molecule has 0 bridgehead atoms. The van der Waals surface area contributed by atoms with Crippen LogP contribution in [0, 0.1) is 11.8 Å². The molecule has 2 N–H and O–H groups in total. The molecule has 0 saturated carbocycles. The fraction of sp³-hybridized carbons (Fsp3) is 0.391. The average molecular weight is 476 g/mol. The molecule has 1 fully saturated rings. The number of carbonyl (C=O) groups excluding carboxylic acids is 2. The van der Waals surface area contributed by atoms with Gasteiger partial charge in [0.15, 0.2) is 0 Å². The second kappa shape index (κ2) is 9.05. The molecule has 11 heteroatoms. The molecule has 0 unspecified atom stereocenters. The van der Waals surface area contributed by atoms with Crippen LogP contribution in [0.4, 0.5) is 13.2 Å². The van der Waals surface area contributed by atoms with Gasteiger partial charge in [-0.25, -0.2) is 0 Å². The second-order valence-corrected chi connectivity index (χ2v) is 8.32. The van der Waals surface area contributed by atoms with Gasteiger partial charge in [0.25, 0.3) is 11.5 Å². The number of rotatable bonds is 5. The molecule has 0 aromatic carbocycles. The molecular weight excluding hydrogens is 453 g/mol. The van der Waals surface area contributed by atoms with E-state index < -0.39 is 55.1 Å². The molecule has 0 aliphatic carbocycles. The molecule has 4 heterocycles. The molecule has 2 amide bonds. The van der Waals surface area contributed by atoms with Gasteiger partial charge in [-0.1, -0.05) is 12.2 Å². The van der Waals surface area contributed by atoms with Gasteiger partial charge < -0.3 is 19.9 Å². The van der Waals surface area contributed by atoms with Crippen LogP contribution in [0.3, 0.4) is 0 Å². The Bertz CT molecular complexity index is 1180. The number of hydrogen-bond acceptors (Lipinski definition) is 5. The number of fused-ring (bicyclic) bond motifs is 3. The van der Waals surface area contributed by atoms with E-state index in [1.54, 1.807) is 31.2 Å². The lowest BCUT2D eigenvalue weighted by Gasteiger charge is -2.31. The minimum absolute atomic E-state index is 0.120. The van der Waals surface area contributed by atoms with E-state index in [1.165, 1.54) is 34.0 Å². The summed E-state index contributed by atoms with van der Waals surface area (Å²) in [6, 6.07) is 4.16. The molecule has 0 spiro atoms. The molecule has 4 rings (SSSR count). The van der Waals surface area contributed by atoms with Crippen molar-refractivity contribution < 1.29 is 27.9 Å². The predicted octanol–water partition coefficient (Wildman–Crippen LogP) is 1.76. The van der Waals surface area contributed by atoms with Crippen molar-refractivity contribution in [2.45, 2.75) is 31.7 Å². The maximum Gasteiger partial charge on any atom is 0.405 e. The number of halogens is 3. The molecular formula is C23H23F3N4O4. The number of nitrogens with one attached hydrogen (secondary N) is 1. The number of aromatic nitrogens is 2. The molecule has 2 aliphatic rings. The predicted molar refractivity (Wildman–Crippen MR) is 115 cm³/mol. The fourth-order valence-corrected chi connectivity index (χ4v) is 4.96. The van der Waals surface area contributed by atoms with Gasteiger partial charge in [-0.3, -0.25) is 19.4 Å². The van der Waals surface area contributed by atoms with E-state index >= 15 is 0 Å². The number of aliphatic hydroxyl groups is 1. The first-order valence-electron chi connectivity index (χ1n) is 10.7. The van der Waals surface area contributed by atoms with Crippen molar-refractivity contribution in [3.8, 4) is 0 Å². The summed E-state index contributed by atoms with van der Waals surface area (Å²) in [4.78, 5) is 44.6. The highest BCUT2D eigenvalue weighted by Crippen LogP contribution is 2.49. The van der Waals surface area contributed by atoms with E-state index in [9.17, 15) is 32.7 Å². The number of carbonyl (C=O) groups is 2. The highest BCUT2D eigenvalue weighted by atomic mass is 19.4. The van der Waals surface area contributed by atoms with E-state index in [4.69, 9.17) is 0 Å². The first-order valence-corrected chi connectivity index (χ1v) is 10.7. The summed E-state index contributed by atoms with van der Waals surface area (Å²) in [7, 11) is 0. The summed E-state index contributed by atoms with van der Waals surface area (Å²) in [5.74, 6) is -3.05. The van der Waals surface area contributed by atoms with Crippen molar-refractivity contribution in [2.75, 3.05) is 13.2 Å². The highest BCUT2D eigenvalue weighted by molar-refractivity contribution is 5.98. The second-order valence-electron chi connectivity index (χ2n) is 8.32. The van der Waals surface area contributed by atoms with E-state index in [0.29, 0.717) is 11.3 Å². The van der Waals surface area contributed by atoms with Crippen molar-refractivity contribution in [1.82, 2.24) is 19.8 Å². The Balaban J connectivity index is 1.81. The first-order chi connectivity index (χ1) is 16.2. The third-order valence-corrected chi connectivity index (χ3v) is 6.33. The van der Waals surface area contributed by atoms with E-state index in [0.717, 1.165) is 0 Å². The van der Waals surface area contributed by atoms with Crippen molar-refractivity contribution in [1.29, 1.82) is 0 Å². The van der Waals surface area contributed by atoms with Gasteiger partial charge in [-0.15, -0.1) is 0 Å². The topological polar surface area (TPSA) is 105 Å². The van der Waals surface area contributed by atoms with Gasteiger partial charge in [0, 0.05) is 48.6 Å². The standard InChI is InChI=1S/C23H23F3N4O4/c1-2-4-13-6-7-17-18-15(10-29(17)21(13)33)16(11-31)19(20(32)28-12-23(24,25)26)30(18)22(34)14-5-3-8-27-9-14/h2-9,15-16,18-19,31H,10-12H2,1H3,(H,28,32)/b4-2+/t15-,16-,18+,19-/m0/s1. The van der Waals surface area contributed by atoms with Crippen LogP contribution < -0.4 is 10.9 Å². The van der Waals surface area contributed by atoms with Crippen LogP contribution in [0.5, 0.6) is 0 Å². The third kappa shape index (κ3) is 4.11. The number of nitrogens with zero attached hydrogens (tertiary/aromatic N) is 3. The smallest absolute Gasteiger partial charge is 0.396 e. The van der Waals surface area contributed by atoms with Crippen LogP contribution in [-0.4, -0.2) is 56.7 Å². The van der Waals surface area contributed by atoms with Crippen LogP contribution in [0.15, 0.2) is 47.5 Å². The molecule has 2 aliphatic heterocycles. The molecule has 1 saturated heterocycles. The average Bonchev–Trinajstić information content (AvgIpc) is 3.34. The summed E-state index contributed by atoms with van der Waals surface area (Å²) < 4.78 is 39.8. The zero-order valence-corrected chi connectivity index (χ0v) is 18.2. The number of hydrogen-bond donors (Lipinski definition) is 2.